The molecule has 0 amide bonds. The Bertz CT molecular complexity index is 843. The molecule has 2 aromatic heterocycles. The van der Waals surface area contributed by atoms with E-state index in [0.717, 1.165) is 49.4 Å². The second kappa shape index (κ2) is 7.52. The summed E-state index contributed by atoms with van der Waals surface area (Å²) in [6.07, 6.45) is 9.40. The number of imidazole rings is 1. The summed E-state index contributed by atoms with van der Waals surface area (Å²) in [6, 6.07) is 13.8. The van der Waals surface area contributed by atoms with Gasteiger partial charge in [-0.3, -0.25) is 4.79 Å². The van der Waals surface area contributed by atoms with E-state index in [2.05, 4.69) is 27.0 Å². The molecule has 132 valence electrons. The van der Waals surface area contributed by atoms with Crippen molar-refractivity contribution in [2.75, 3.05) is 18.0 Å². The Labute approximate surface area is 153 Å². The number of hydrogen-bond donors (Lipinski definition) is 0. The second-order valence-corrected chi connectivity index (χ2v) is 6.78. The molecule has 3 heterocycles. The molecular formula is C21H22N4O. The summed E-state index contributed by atoms with van der Waals surface area (Å²) in [7, 11) is 0. The Morgan fingerprint density at radius 2 is 2.04 bits per heavy atom. The Morgan fingerprint density at radius 3 is 2.77 bits per heavy atom. The van der Waals surface area contributed by atoms with E-state index >= 15 is 0 Å². The molecule has 0 aliphatic carbocycles. The van der Waals surface area contributed by atoms with Crippen LogP contribution in [0.4, 0.5) is 5.82 Å². The van der Waals surface area contributed by atoms with Crippen LogP contribution in [-0.2, 0) is 6.54 Å². The molecule has 3 aromatic rings. The van der Waals surface area contributed by atoms with E-state index in [-0.39, 0.29) is 11.7 Å². The highest BCUT2D eigenvalue weighted by Gasteiger charge is 2.27. The summed E-state index contributed by atoms with van der Waals surface area (Å²) in [6.45, 7) is 2.45. The van der Waals surface area contributed by atoms with Crippen molar-refractivity contribution in [2.45, 2.75) is 19.4 Å². The van der Waals surface area contributed by atoms with Crippen LogP contribution < -0.4 is 4.90 Å². The van der Waals surface area contributed by atoms with Crippen molar-refractivity contribution < 1.29 is 4.79 Å². The Hall–Kier alpha value is -2.95. The fourth-order valence-corrected chi connectivity index (χ4v) is 3.53. The third-order valence-electron chi connectivity index (χ3n) is 4.91. The van der Waals surface area contributed by atoms with Gasteiger partial charge in [0.25, 0.3) is 0 Å². The van der Waals surface area contributed by atoms with Crippen LogP contribution in [0.2, 0.25) is 0 Å². The van der Waals surface area contributed by atoms with Gasteiger partial charge in [-0.1, -0.05) is 36.4 Å². The van der Waals surface area contributed by atoms with Gasteiger partial charge in [-0.15, -0.1) is 0 Å². The average Bonchev–Trinajstić information content (AvgIpc) is 3.22. The SMILES string of the molecule is O=C(c1ccccc1)C1CCCN(c2ccc(Cn3ccnc3)cn2)C1. The molecule has 1 saturated heterocycles. The monoisotopic (exact) mass is 346 g/mol. The van der Waals surface area contributed by atoms with Crippen molar-refractivity contribution >= 4 is 11.6 Å². The number of aromatic nitrogens is 3. The molecule has 5 nitrogen and oxygen atoms in total. The van der Waals surface area contributed by atoms with Crippen LogP contribution in [0, 0.1) is 5.92 Å². The normalized spacial score (nSPS) is 17.2. The zero-order valence-electron chi connectivity index (χ0n) is 14.7. The lowest BCUT2D eigenvalue weighted by atomic mass is 9.90. The van der Waals surface area contributed by atoms with Gasteiger partial charge in [-0.25, -0.2) is 9.97 Å². The number of rotatable bonds is 5. The summed E-state index contributed by atoms with van der Waals surface area (Å²) < 4.78 is 2.02. The summed E-state index contributed by atoms with van der Waals surface area (Å²) in [5.74, 6) is 1.23. The maximum absolute atomic E-state index is 12.8. The quantitative estimate of drug-likeness (QED) is 0.664. The minimum absolute atomic E-state index is 0.0403. The van der Waals surface area contributed by atoms with Crippen LogP contribution in [0.5, 0.6) is 0 Å². The van der Waals surface area contributed by atoms with E-state index in [1.807, 2.05) is 47.3 Å². The van der Waals surface area contributed by atoms with Crippen molar-refractivity contribution in [2.24, 2.45) is 5.92 Å². The van der Waals surface area contributed by atoms with Gasteiger partial charge in [-0.05, 0) is 24.5 Å². The lowest BCUT2D eigenvalue weighted by molar-refractivity contribution is 0.0907. The minimum atomic E-state index is 0.0403. The number of Topliss-reactive ketones (excluding diaryl/α,β-unsaturated/α-hetero) is 1. The van der Waals surface area contributed by atoms with Crippen molar-refractivity contribution in [3.8, 4) is 0 Å². The number of benzene rings is 1. The minimum Gasteiger partial charge on any atom is -0.356 e. The summed E-state index contributed by atoms with van der Waals surface area (Å²) in [5, 5.41) is 0. The lowest BCUT2D eigenvalue weighted by Gasteiger charge is -2.33. The first-order valence-electron chi connectivity index (χ1n) is 9.04. The molecular weight excluding hydrogens is 324 g/mol. The van der Waals surface area contributed by atoms with E-state index in [0.29, 0.717) is 0 Å². The Morgan fingerprint density at radius 1 is 1.15 bits per heavy atom. The summed E-state index contributed by atoms with van der Waals surface area (Å²) in [4.78, 5) is 23.7. The molecule has 5 heteroatoms. The van der Waals surface area contributed by atoms with Gasteiger partial charge in [-0.2, -0.15) is 0 Å². The molecule has 1 aromatic carbocycles. The predicted molar refractivity (Wildman–Crippen MR) is 101 cm³/mol. The van der Waals surface area contributed by atoms with E-state index in [1.165, 1.54) is 0 Å². The molecule has 1 aliphatic rings. The third kappa shape index (κ3) is 3.67. The number of pyridine rings is 1. The van der Waals surface area contributed by atoms with Gasteiger partial charge in [0.05, 0.1) is 6.33 Å². The Balaban J connectivity index is 1.43. The second-order valence-electron chi connectivity index (χ2n) is 6.78. The van der Waals surface area contributed by atoms with Gasteiger partial charge in [0.15, 0.2) is 5.78 Å². The van der Waals surface area contributed by atoms with Gasteiger partial charge in [0.2, 0.25) is 0 Å². The molecule has 0 radical (unpaired) electrons. The maximum Gasteiger partial charge on any atom is 0.167 e. The molecule has 1 atom stereocenters. The smallest absolute Gasteiger partial charge is 0.167 e. The van der Waals surface area contributed by atoms with Crippen LogP contribution in [0.3, 0.4) is 0 Å². The summed E-state index contributed by atoms with van der Waals surface area (Å²) >= 11 is 0. The zero-order valence-corrected chi connectivity index (χ0v) is 14.7. The van der Waals surface area contributed by atoms with Crippen molar-refractivity contribution in [3.63, 3.8) is 0 Å². The highest BCUT2D eigenvalue weighted by Crippen LogP contribution is 2.24. The standard InChI is InChI=1S/C21H22N4O/c26-21(18-5-2-1-3-6-18)19-7-4-11-25(15-19)20-9-8-17(13-23-20)14-24-12-10-22-16-24/h1-3,5-6,8-10,12-13,16,19H,4,7,11,14-15H2. The van der Waals surface area contributed by atoms with E-state index in [9.17, 15) is 4.79 Å². The molecule has 1 aliphatic heterocycles. The highest BCUT2D eigenvalue weighted by molar-refractivity contribution is 5.98. The van der Waals surface area contributed by atoms with Crippen LogP contribution >= 0.6 is 0 Å². The number of carbonyl (C=O) groups is 1. The molecule has 0 spiro atoms. The Kier molecular flexibility index (Phi) is 4.78. The fraction of sp³-hybridized carbons (Fsp3) is 0.286. The molecule has 0 bridgehead atoms. The molecule has 26 heavy (non-hydrogen) atoms. The van der Waals surface area contributed by atoms with Crippen LogP contribution in [0.25, 0.3) is 0 Å². The summed E-state index contributed by atoms with van der Waals surface area (Å²) in [5.41, 5.74) is 1.95. The number of ketones is 1. The number of hydrogen-bond acceptors (Lipinski definition) is 4. The van der Waals surface area contributed by atoms with Crippen molar-refractivity contribution in [1.82, 2.24) is 14.5 Å². The lowest BCUT2D eigenvalue weighted by Crippen LogP contribution is -2.39. The van der Waals surface area contributed by atoms with E-state index in [4.69, 9.17) is 0 Å². The molecule has 1 unspecified atom stereocenters. The molecule has 1 fully saturated rings. The highest BCUT2D eigenvalue weighted by atomic mass is 16.1. The molecule has 0 N–H and O–H groups in total. The topological polar surface area (TPSA) is 51.0 Å². The zero-order chi connectivity index (χ0) is 17.8. The largest absolute Gasteiger partial charge is 0.356 e. The van der Waals surface area contributed by atoms with Gasteiger partial charge < -0.3 is 9.47 Å². The predicted octanol–water partition coefficient (Wildman–Crippen LogP) is 3.43. The maximum atomic E-state index is 12.8. The van der Waals surface area contributed by atoms with E-state index in [1.54, 1.807) is 12.5 Å². The molecule has 4 rings (SSSR count). The number of nitrogens with zero attached hydrogens (tertiary/aromatic N) is 4. The van der Waals surface area contributed by atoms with Gasteiger partial charge in [0, 0.05) is 49.7 Å². The van der Waals surface area contributed by atoms with Crippen molar-refractivity contribution in [3.05, 3.63) is 78.5 Å². The van der Waals surface area contributed by atoms with Gasteiger partial charge >= 0.3 is 0 Å². The van der Waals surface area contributed by atoms with Crippen LogP contribution in [-0.4, -0.2) is 33.4 Å². The molecule has 0 saturated carbocycles. The number of anilines is 1. The average molecular weight is 346 g/mol. The van der Waals surface area contributed by atoms with Crippen LogP contribution in [0.1, 0.15) is 28.8 Å². The number of piperidine rings is 1. The fourth-order valence-electron chi connectivity index (χ4n) is 3.53. The number of carbonyl (C=O) groups excluding carboxylic acids is 1. The first kappa shape index (κ1) is 16.5. The first-order chi connectivity index (χ1) is 12.8. The van der Waals surface area contributed by atoms with Crippen LogP contribution in [0.15, 0.2) is 67.4 Å². The first-order valence-corrected chi connectivity index (χ1v) is 9.04. The van der Waals surface area contributed by atoms with Crippen molar-refractivity contribution in [1.29, 1.82) is 0 Å². The van der Waals surface area contributed by atoms with Gasteiger partial charge in [0.1, 0.15) is 5.82 Å². The third-order valence-corrected chi connectivity index (χ3v) is 4.91. The van der Waals surface area contributed by atoms with E-state index < -0.39 is 0 Å².